The van der Waals surface area contributed by atoms with Crippen molar-refractivity contribution in [1.29, 1.82) is 0 Å². The number of rotatable bonds is 5. The van der Waals surface area contributed by atoms with Crippen molar-refractivity contribution >= 4 is 5.91 Å². The van der Waals surface area contributed by atoms with Gasteiger partial charge in [0.2, 0.25) is 5.91 Å². The van der Waals surface area contributed by atoms with E-state index in [2.05, 4.69) is 11.2 Å². The van der Waals surface area contributed by atoms with Gasteiger partial charge in [-0.05, 0) is 25.2 Å². The Morgan fingerprint density at radius 1 is 1.64 bits per heavy atom. The van der Waals surface area contributed by atoms with E-state index in [1.807, 2.05) is 6.92 Å². The van der Waals surface area contributed by atoms with E-state index in [9.17, 15) is 4.79 Å². The van der Waals surface area contributed by atoms with E-state index in [1.54, 1.807) is 0 Å². The normalized spacial score (nSPS) is 18.0. The van der Waals surface area contributed by atoms with Crippen LogP contribution in [0.1, 0.15) is 45.4 Å². The minimum Gasteiger partial charge on any atom is -0.352 e. The molecule has 1 aliphatic rings. The Morgan fingerprint density at radius 2 is 2.36 bits per heavy atom. The molecule has 0 saturated heterocycles. The summed E-state index contributed by atoms with van der Waals surface area (Å²) >= 11 is 0. The van der Waals surface area contributed by atoms with E-state index < -0.39 is 0 Å². The van der Waals surface area contributed by atoms with Gasteiger partial charge in [0, 0.05) is 18.9 Å². The lowest BCUT2D eigenvalue weighted by Crippen LogP contribution is -2.35. The minimum atomic E-state index is 0.174. The van der Waals surface area contributed by atoms with E-state index in [4.69, 9.17) is 6.42 Å². The maximum Gasteiger partial charge on any atom is 0.220 e. The molecule has 0 aromatic heterocycles. The van der Waals surface area contributed by atoms with Crippen LogP contribution < -0.4 is 5.32 Å². The van der Waals surface area contributed by atoms with Crippen molar-refractivity contribution in [2.45, 2.75) is 51.5 Å². The van der Waals surface area contributed by atoms with E-state index in [-0.39, 0.29) is 11.9 Å². The number of nitrogens with one attached hydrogen (secondary N) is 1. The first-order valence-corrected chi connectivity index (χ1v) is 5.49. The molecule has 2 heteroatoms. The monoisotopic (exact) mass is 193 g/mol. The molecule has 0 aromatic carbocycles. The van der Waals surface area contributed by atoms with Crippen molar-refractivity contribution in [2.24, 2.45) is 5.92 Å². The van der Waals surface area contributed by atoms with Gasteiger partial charge in [0.05, 0.1) is 0 Å². The summed E-state index contributed by atoms with van der Waals surface area (Å²) < 4.78 is 0. The molecule has 1 atom stereocenters. The Kier molecular flexibility index (Phi) is 4.52. The van der Waals surface area contributed by atoms with Crippen molar-refractivity contribution in [2.75, 3.05) is 0 Å². The average molecular weight is 193 g/mol. The number of hydrogen-bond acceptors (Lipinski definition) is 1. The molecule has 1 fully saturated rings. The number of hydrogen-bond donors (Lipinski definition) is 1. The molecule has 0 radical (unpaired) electrons. The van der Waals surface area contributed by atoms with Gasteiger partial charge in [-0.1, -0.05) is 13.3 Å². The summed E-state index contributed by atoms with van der Waals surface area (Å²) in [5.41, 5.74) is 0. The van der Waals surface area contributed by atoms with Crippen LogP contribution in [0.2, 0.25) is 0 Å². The van der Waals surface area contributed by atoms with E-state index >= 15 is 0 Å². The van der Waals surface area contributed by atoms with Gasteiger partial charge in [-0.3, -0.25) is 4.79 Å². The molecular formula is C12H19NO. The molecule has 2 nitrogen and oxygen atoms in total. The highest BCUT2D eigenvalue weighted by Crippen LogP contribution is 2.29. The molecule has 0 aromatic rings. The molecule has 0 heterocycles. The first-order chi connectivity index (χ1) is 6.76. The van der Waals surface area contributed by atoms with Crippen LogP contribution in [0.15, 0.2) is 0 Å². The molecule has 1 aliphatic carbocycles. The Labute approximate surface area is 86.5 Å². The van der Waals surface area contributed by atoms with Crippen molar-refractivity contribution < 1.29 is 4.79 Å². The predicted molar refractivity (Wildman–Crippen MR) is 57.6 cm³/mol. The average Bonchev–Trinajstić information content (AvgIpc) is 2.11. The lowest BCUT2D eigenvalue weighted by molar-refractivity contribution is -0.123. The van der Waals surface area contributed by atoms with Crippen LogP contribution in [0.5, 0.6) is 0 Å². The third-order valence-corrected chi connectivity index (χ3v) is 2.92. The lowest BCUT2D eigenvalue weighted by atomic mass is 9.83. The van der Waals surface area contributed by atoms with Gasteiger partial charge in [-0.15, -0.1) is 12.3 Å². The van der Waals surface area contributed by atoms with Crippen LogP contribution in [0, 0.1) is 18.3 Å². The maximum atomic E-state index is 11.5. The minimum absolute atomic E-state index is 0.174. The van der Waals surface area contributed by atoms with Crippen molar-refractivity contribution in [3.8, 4) is 12.3 Å². The van der Waals surface area contributed by atoms with E-state index in [1.165, 1.54) is 19.3 Å². The zero-order chi connectivity index (χ0) is 10.4. The van der Waals surface area contributed by atoms with Crippen LogP contribution >= 0.6 is 0 Å². The zero-order valence-electron chi connectivity index (χ0n) is 8.88. The number of amides is 1. The Balaban J connectivity index is 2.20. The molecule has 0 spiro atoms. The van der Waals surface area contributed by atoms with Gasteiger partial charge in [0.1, 0.15) is 0 Å². The molecule has 78 valence electrons. The van der Waals surface area contributed by atoms with Crippen molar-refractivity contribution in [3.63, 3.8) is 0 Å². The zero-order valence-corrected chi connectivity index (χ0v) is 8.88. The fraction of sp³-hybridized carbons (Fsp3) is 0.750. The van der Waals surface area contributed by atoms with Crippen LogP contribution in [0.3, 0.4) is 0 Å². The Morgan fingerprint density at radius 3 is 2.79 bits per heavy atom. The number of terminal acetylenes is 1. The molecule has 1 rings (SSSR count). The van der Waals surface area contributed by atoms with Gasteiger partial charge in [0.25, 0.3) is 0 Å². The fourth-order valence-electron chi connectivity index (χ4n) is 1.69. The molecular weight excluding hydrogens is 174 g/mol. The fourth-order valence-corrected chi connectivity index (χ4v) is 1.69. The van der Waals surface area contributed by atoms with Crippen molar-refractivity contribution in [1.82, 2.24) is 5.32 Å². The molecule has 1 saturated carbocycles. The first kappa shape index (κ1) is 11.1. The third-order valence-electron chi connectivity index (χ3n) is 2.92. The molecule has 1 amide bonds. The highest BCUT2D eigenvalue weighted by atomic mass is 16.1. The van der Waals surface area contributed by atoms with Gasteiger partial charge in [-0.25, -0.2) is 0 Å². The summed E-state index contributed by atoms with van der Waals surface area (Å²) in [6.45, 7) is 2.05. The second-order valence-corrected chi connectivity index (χ2v) is 4.08. The molecule has 1 N–H and O–H groups in total. The lowest BCUT2D eigenvalue weighted by Gasteiger charge is -2.25. The van der Waals surface area contributed by atoms with Gasteiger partial charge in [-0.2, -0.15) is 0 Å². The number of carbonyl (C=O) groups is 1. The van der Waals surface area contributed by atoms with Crippen LogP contribution in [-0.2, 0) is 4.79 Å². The van der Waals surface area contributed by atoms with Gasteiger partial charge >= 0.3 is 0 Å². The molecule has 1 unspecified atom stereocenters. The summed E-state index contributed by atoms with van der Waals surface area (Å²) in [7, 11) is 0. The van der Waals surface area contributed by atoms with Gasteiger partial charge < -0.3 is 5.32 Å². The second kappa shape index (κ2) is 5.70. The predicted octanol–water partition coefficient (Wildman–Crippen LogP) is 2.09. The standard InChI is InChI=1S/C12H19NO/c1-3-6-11(4-2)13-12(14)9-10-7-5-8-10/h1,10-11H,4-9H2,2H3,(H,13,14). The first-order valence-electron chi connectivity index (χ1n) is 5.49. The largest absolute Gasteiger partial charge is 0.352 e. The van der Waals surface area contributed by atoms with Crippen LogP contribution in [0.4, 0.5) is 0 Å². The quantitative estimate of drug-likeness (QED) is 0.666. The maximum absolute atomic E-state index is 11.5. The summed E-state index contributed by atoms with van der Waals surface area (Å²) in [6, 6.07) is 0.174. The summed E-state index contributed by atoms with van der Waals surface area (Å²) in [6.07, 6.45) is 11.2. The van der Waals surface area contributed by atoms with Gasteiger partial charge in [0.15, 0.2) is 0 Å². The summed E-state index contributed by atoms with van der Waals surface area (Å²) in [4.78, 5) is 11.5. The SMILES string of the molecule is C#CCC(CC)NC(=O)CC1CCC1. The van der Waals surface area contributed by atoms with E-state index in [0.717, 1.165) is 6.42 Å². The second-order valence-electron chi connectivity index (χ2n) is 4.08. The van der Waals surface area contributed by atoms with E-state index in [0.29, 0.717) is 18.8 Å². The topological polar surface area (TPSA) is 29.1 Å². The molecule has 14 heavy (non-hydrogen) atoms. The van der Waals surface area contributed by atoms with Crippen molar-refractivity contribution in [3.05, 3.63) is 0 Å². The number of carbonyl (C=O) groups excluding carboxylic acids is 1. The Bertz CT molecular complexity index is 225. The molecule has 0 bridgehead atoms. The molecule has 0 aliphatic heterocycles. The highest BCUT2D eigenvalue weighted by molar-refractivity contribution is 5.76. The summed E-state index contributed by atoms with van der Waals surface area (Å²) in [5.74, 6) is 3.41. The smallest absolute Gasteiger partial charge is 0.220 e. The summed E-state index contributed by atoms with van der Waals surface area (Å²) in [5, 5.41) is 2.99. The highest BCUT2D eigenvalue weighted by Gasteiger charge is 2.21. The van der Waals surface area contributed by atoms with Crippen LogP contribution in [-0.4, -0.2) is 11.9 Å². The van der Waals surface area contributed by atoms with Crippen LogP contribution in [0.25, 0.3) is 0 Å². The Hall–Kier alpha value is -0.970. The third kappa shape index (κ3) is 3.41.